The summed E-state index contributed by atoms with van der Waals surface area (Å²) in [6.07, 6.45) is 4.13. The summed E-state index contributed by atoms with van der Waals surface area (Å²) in [6, 6.07) is 4.30. The van der Waals surface area contributed by atoms with Gasteiger partial charge < -0.3 is 14.4 Å². The van der Waals surface area contributed by atoms with E-state index in [0.717, 1.165) is 31.7 Å². The van der Waals surface area contributed by atoms with Crippen molar-refractivity contribution >= 4 is 0 Å². The molecular weight excluding hydrogens is 228 g/mol. The van der Waals surface area contributed by atoms with Crippen LogP contribution < -0.4 is 9.47 Å². The first-order valence-corrected chi connectivity index (χ1v) is 6.60. The van der Waals surface area contributed by atoms with E-state index in [4.69, 9.17) is 9.47 Å². The van der Waals surface area contributed by atoms with Gasteiger partial charge in [0.05, 0.1) is 7.11 Å². The minimum atomic E-state index is 0.277. The summed E-state index contributed by atoms with van der Waals surface area (Å²) in [5.41, 5.74) is 0. The zero-order valence-corrected chi connectivity index (χ0v) is 11.4. The second-order valence-corrected chi connectivity index (χ2v) is 4.98. The first-order valence-electron chi connectivity index (χ1n) is 6.60. The van der Waals surface area contributed by atoms with E-state index in [1.54, 1.807) is 13.3 Å². The van der Waals surface area contributed by atoms with Crippen LogP contribution in [0.3, 0.4) is 0 Å². The maximum absolute atomic E-state index is 5.91. The van der Waals surface area contributed by atoms with Gasteiger partial charge in [0.15, 0.2) is 0 Å². The molecule has 1 aromatic rings. The lowest BCUT2D eigenvalue weighted by molar-refractivity contribution is 0.0811. The van der Waals surface area contributed by atoms with Crippen LogP contribution in [0.25, 0.3) is 0 Å². The summed E-state index contributed by atoms with van der Waals surface area (Å²) in [6.45, 7) is 6.69. The Bertz CT molecular complexity index is 374. The lowest BCUT2D eigenvalue weighted by Crippen LogP contribution is -2.41. The van der Waals surface area contributed by atoms with E-state index in [-0.39, 0.29) is 6.10 Å². The Morgan fingerprint density at radius 3 is 2.67 bits per heavy atom. The van der Waals surface area contributed by atoms with Crippen molar-refractivity contribution in [2.24, 2.45) is 0 Å². The lowest BCUT2D eigenvalue weighted by Gasteiger charge is -2.34. The second-order valence-electron chi connectivity index (χ2n) is 4.98. The maximum atomic E-state index is 5.91. The van der Waals surface area contributed by atoms with Gasteiger partial charge in [-0.25, -0.2) is 4.98 Å². The molecule has 1 saturated heterocycles. The average Bonchev–Trinajstić information content (AvgIpc) is 2.39. The van der Waals surface area contributed by atoms with Gasteiger partial charge in [-0.15, -0.1) is 0 Å². The normalized spacial score (nSPS) is 18.0. The van der Waals surface area contributed by atoms with Crippen molar-refractivity contribution in [1.29, 1.82) is 0 Å². The molecule has 0 aromatic carbocycles. The van der Waals surface area contributed by atoms with Crippen molar-refractivity contribution < 1.29 is 9.47 Å². The van der Waals surface area contributed by atoms with E-state index < -0.39 is 0 Å². The van der Waals surface area contributed by atoms with E-state index in [1.165, 1.54) is 0 Å². The zero-order valence-electron chi connectivity index (χ0n) is 11.4. The van der Waals surface area contributed by atoms with Gasteiger partial charge in [0.25, 0.3) is 0 Å². The van der Waals surface area contributed by atoms with Crippen LogP contribution in [-0.2, 0) is 0 Å². The predicted molar refractivity (Wildman–Crippen MR) is 71.1 cm³/mol. The Kier molecular flexibility index (Phi) is 4.42. The van der Waals surface area contributed by atoms with Gasteiger partial charge >= 0.3 is 0 Å². The number of pyridine rings is 1. The molecule has 4 heteroatoms. The first kappa shape index (κ1) is 13.1. The van der Waals surface area contributed by atoms with E-state index in [0.29, 0.717) is 11.9 Å². The van der Waals surface area contributed by atoms with Gasteiger partial charge in [0.1, 0.15) is 11.9 Å². The monoisotopic (exact) mass is 250 g/mol. The van der Waals surface area contributed by atoms with Gasteiger partial charge in [0, 0.05) is 31.4 Å². The number of hydrogen-bond acceptors (Lipinski definition) is 4. The molecule has 0 radical (unpaired) electrons. The molecule has 1 aliphatic heterocycles. The van der Waals surface area contributed by atoms with Crippen molar-refractivity contribution in [1.82, 2.24) is 9.88 Å². The van der Waals surface area contributed by atoms with Crippen LogP contribution in [-0.4, -0.2) is 42.2 Å². The summed E-state index contributed by atoms with van der Waals surface area (Å²) < 4.78 is 11.1. The number of rotatable bonds is 4. The topological polar surface area (TPSA) is 34.6 Å². The Hall–Kier alpha value is -1.29. The summed E-state index contributed by atoms with van der Waals surface area (Å²) in [4.78, 5) is 6.70. The maximum Gasteiger partial charge on any atom is 0.217 e. The van der Waals surface area contributed by atoms with Crippen LogP contribution in [0, 0.1) is 0 Å². The molecule has 2 rings (SSSR count). The summed E-state index contributed by atoms with van der Waals surface area (Å²) in [5, 5.41) is 0. The smallest absolute Gasteiger partial charge is 0.217 e. The third kappa shape index (κ3) is 3.35. The highest BCUT2D eigenvalue weighted by Gasteiger charge is 2.22. The molecule has 18 heavy (non-hydrogen) atoms. The van der Waals surface area contributed by atoms with Crippen LogP contribution in [0.2, 0.25) is 0 Å². The molecule has 0 saturated carbocycles. The number of piperidine rings is 1. The molecular formula is C14H22N2O2. The minimum Gasteiger partial charge on any atom is -0.497 e. The van der Waals surface area contributed by atoms with E-state index in [1.807, 2.05) is 12.1 Å². The lowest BCUT2D eigenvalue weighted by atomic mass is 10.1. The predicted octanol–water partition coefficient (Wildman–Crippen LogP) is 2.34. The molecule has 1 fully saturated rings. The van der Waals surface area contributed by atoms with Gasteiger partial charge in [-0.05, 0) is 32.8 Å². The van der Waals surface area contributed by atoms with Gasteiger partial charge in [-0.1, -0.05) is 0 Å². The molecule has 0 spiro atoms. The number of ether oxygens (including phenoxy) is 2. The van der Waals surface area contributed by atoms with Crippen LogP contribution >= 0.6 is 0 Å². The number of likely N-dealkylation sites (tertiary alicyclic amines) is 1. The minimum absolute atomic E-state index is 0.277. The Balaban J connectivity index is 1.87. The Labute approximate surface area is 109 Å². The average molecular weight is 250 g/mol. The fourth-order valence-electron chi connectivity index (χ4n) is 2.26. The van der Waals surface area contributed by atoms with Crippen LogP contribution in [0.4, 0.5) is 0 Å². The quantitative estimate of drug-likeness (QED) is 0.821. The summed E-state index contributed by atoms with van der Waals surface area (Å²) >= 11 is 0. The van der Waals surface area contributed by atoms with Gasteiger partial charge in [-0.3, -0.25) is 0 Å². The highest BCUT2D eigenvalue weighted by molar-refractivity contribution is 5.26. The van der Waals surface area contributed by atoms with Gasteiger partial charge in [-0.2, -0.15) is 0 Å². The summed E-state index contributed by atoms with van der Waals surface area (Å²) in [7, 11) is 1.65. The van der Waals surface area contributed by atoms with Crippen LogP contribution in [0.15, 0.2) is 18.3 Å². The zero-order chi connectivity index (χ0) is 13.0. The highest BCUT2D eigenvalue weighted by Crippen LogP contribution is 2.21. The van der Waals surface area contributed by atoms with Crippen molar-refractivity contribution in [3.8, 4) is 11.6 Å². The first-order chi connectivity index (χ1) is 8.69. The Morgan fingerprint density at radius 1 is 1.33 bits per heavy atom. The molecule has 0 atom stereocenters. The molecule has 4 nitrogen and oxygen atoms in total. The molecule has 0 unspecified atom stereocenters. The second kappa shape index (κ2) is 6.05. The van der Waals surface area contributed by atoms with E-state index in [2.05, 4.69) is 23.7 Å². The fourth-order valence-corrected chi connectivity index (χ4v) is 2.26. The molecule has 0 bridgehead atoms. The molecule has 2 heterocycles. The summed E-state index contributed by atoms with van der Waals surface area (Å²) in [5.74, 6) is 1.46. The standard InChI is InChI=1S/C14H22N2O2/c1-11(2)16-8-5-12(6-9-16)18-14-10-13(17-3)4-7-15-14/h4,7,10-12H,5-6,8-9H2,1-3H3. The Morgan fingerprint density at radius 2 is 2.06 bits per heavy atom. The van der Waals surface area contributed by atoms with Gasteiger partial charge in [0.2, 0.25) is 5.88 Å². The largest absolute Gasteiger partial charge is 0.497 e. The third-order valence-corrected chi connectivity index (χ3v) is 3.44. The SMILES string of the molecule is COc1ccnc(OC2CCN(C(C)C)CC2)c1. The third-order valence-electron chi connectivity index (χ3n) is 3.44. The van der Waals surface area contributed by atoms with Crippen molar-refractivity contribution in [2.75, 3.05) is 20.2 Å². The molecule has 0 N–H and O–H groups in total. The molecule has 0 aliphatic carbocycles. The van der Waals surface area contributed by atoms with E-state index in [9.17, 15) is 0 Å². The molecule has 1 aromatic heterocycles. The molecule has 0 amide bonds. The molecule has 1 aliphatic rings. The highest BCUT2D eigenvalue weighted by atomic mass is 16.5. The van der Waals surface area contributed by atoms with E-state index >= 15 is 0 Å². The van der Waals surface area contributed by atoms with Crippen LogP contribution in [0.5, 0.6) is 11.6 Å². The van der Waals surface area contributed by atoms with Crippen molar-refractivity contribution in [3.05, 3.63) is 18.3 Å². The fraction of sp³-hybridized carbons (Fsp3) is 0.643. The number of nitrogens with zero attached hydrogens (tertiary/aromatic N) is 2. The number of hydrogen-bond donors (Lipinski definition) is 0. The molecule has 100 valence electrons. The van der Waals surface area contributed by atoms with Crippen LogP contribution in [0.1, 0.15) is 26.7 Å². The number of aromatic nitrogens is 1. The number of methoxy groups -OCH3 is 1. The van der Waals surface area contributed by atoms with Crippen molar-refractivity contribution in [3.63, 3.8) is 0 Å². The van der Waals surface area contributed by atoms with Crippen molar-refractivity contribution in [2.45, 2.75) is 38.8 Å².